The fourth-order valence-electron chi connectivity index (χ4n) is 3.20. The molecule has 0 aromatic carbocycles. The van der Waals surface area contributed by atoms with Crippen LogP contribution in [0.4, 0.5) is 0 Å². The summed E-state index contributed by atoms with van der Waals surface area (Å²) in [4.78, 5) is 13.5. The number of aldehydes is 1. The number of nitrogens with zero attached hydrogens (tertiary/aromatic N) is 1. The second kappa shape index (κ2) is 4.46. The quantitative estimate of drug-likeness (QED) is 0.733. The van der Waals surface area contributed by atoms with Crippen LogP contribution in [0.15, 0.2) is 0 Å². The minimum absolute atomic E-state index is 0.0980. The number of aliphatic hydroxyl groups is 1. The van der Waals surface area contributed by atoms with Crippen molar-refractivity contribution in [3.8, 4) is 0 Å². The summed E-state index contributed by atoms with van der Waals surface area (Å²) in [6, 6.07) is 0. The van der Waals surface area contributed by atoms with Crippen LogP contribution < -0.4 is 0 Å². The first-order valence-corrected chi connectivity index (χ1v) is 6.45. The highest BCUT2D eigenvalue weighted by molar-refractivity contribution is 5.58. The highest BCUT2D eigenvalue weighted by Gasteiger charge is 2.42. The molecule has 2 fully saturated rings. The summed E-state index contributed by atoms with van der Waals surface area (Å²) in [5.41, 5.74) is -0.205. The van der Waals surface area contributed by atoms with Gasteiger partial charge in [-0.3, -0.25) is 0 Å². The standard InChI is InChI=1S/C13H23NO2/c1-3-13(2,9-15)8-14-6-10-4-5-12(16)11(10)7-14/h9-12,16H,3-8H2,1-2H3. The molecule has 0 aromatic heterocycles. The summed E-state index contributed by atoms with van der Waals surface area (Å²) in [5, 5.41) is 9.83. The number of hydrogen-bond donors (Lipinski definition) is 1. The zero-order valence-corrected chi connectivity index (χ0v) is 10.4. The van der Waals surface area contributed by atoms with Crippen LogP contribution in [-0.2, 0) is 4.79 Å². The fourth-order valence-corrected chi connectivity index (χ4v) is 3.20. The minimum atomic E-state index is -0.205. The molecule has 0 amide bonds. The van der Waals surface area contributed by atoms with E-state index in [-0.39, 0.29) is 11.5 Å². The van der Waals surface area contributed by atoms with Gasteiger partial charge >= 0.3 is 0 Å². The number of aliphatic hydroxyl groups excluding tert-OH is 1. The highest BCUT2D eigenvalue weighted by atomic mass is 16.3. The Morgan fingerprint density at radius 1 is 1.44 bits per heavy atom. The van der Waals surface area contributed by atoms with Gasteiger partial charge in [-0.15, -0.1) is 0 Å². The number of hydrogen-bond acceptors (Lipinski definition) is 3. The molecule has 3 nitrogen and oxygen atoms in total. The van der Waals surface area contributed by atoms with Gasteiger partial charge in [-0.05, 0) is 25.2 Å². The van der Waals surface area contributed by atoms with E-state index < -0.39 is 0 Å². The Morgan fingerprint density at radius 3 is 2.75 bits per heavy atom. The maximum atomic E-state index is 11.1. The Hall–Kier alpha value is -0.410. The summed E-state index contributed by atoms with van der Waals surface area (Å²) in [7, 11) is 0. The van der Waals surface area contributed by atoms with Crippen molar-refractivity contribution in [3.05, 3.63) is 0 Å². The fraction of sp³-hybridized carbons (Fsp3) is 0.923. The van der Waals surface area contributed by atoms with Crippen molar-refractivity contribution in [2.45, 2.75) is 39.2 Å². The second-order valence-electron chi connectivity index (χ2n) is 5.89. The van der Waals surface area contributed by atoms with E-state index in [4.69, 9.17) is 0 Å². The number of fused-ring (bicyclic) bond motifs is 1. The minimum Gasteiger partial charge on any atom is -0.393 e. The average molecular weight is 225 g/mol. The first-order valence-electron chi connectivity index (χ1n) is 6.45. The summed E-state index contributed by atoms with van der Waals surface area (Å²) < 4.78 is 0. The molecular formula is C13H23NO2. The normalized spacial score (nSPS) is 38.3. The first kappa shape index (κ1) is 12.1. The van der Waals surface area contributed by atoms with Gasteiger partial charge in [-0.2, -0.15) is 0 Å². The lowest BCUT2D eigenvalue weighted by molar-refractivity contribution is -0.116. The van der Waals surface area contributed by atoms with Crippen molar-refractivity contribution in [1.29, 1.82) is 0 Å². The number of carbonyl (C=O) groups excluding carboxylic acids is 1. The Morgan fingerprint density at radius 2 is 2.19 bits per heavy atom. The molecule has 16 heavy (non-hydrogen) atoms. The molecule has 1 saturated heterocycles. The predicted molar refractivity (Wildman–Crippen MR) is 63.1 cm³/mol. The Bertz CT molecular complexity index is 269. The molecule has 1 aliphatic carbocycles. The van der Waals surface area contributed by atoms with Crippen LogP contribution in [0.1, 0.15) is 33.1 Å². The van der Waals surface area contributed by atoms with E-state index in [0.717, 1.165) is 45.2 Å². The van der Waals surface area contributed by atoms with Crippen LogP contribution in [0.3, 0.4) is 0 Å². The maximum absolute atomic E-state index is 11.1. The van der Waals surface area contributed by atoms with Crippen LogP contribution in [-0.4, -0.2) is 42.0 Å². The SMILES string of the molecule is CCC(C)(C=O)CN1CC2CCC(O)C2C1. The van der Waals surface area contributed by atoms with Gasteiger partial charge in [0.05, 0.1) is 6.10 Å². The summed E-state index contributed by atoms with van der Waals surface area (Å²) >= 11 is 0. The molecule has 92 valence electrons. The van der Waals surface area contributed by atoms with Crippen molar-refractivity contribution in [2.24, 2.45) is 17.3 Å². The zero-order valence-electron chi connectivity index (χ0n) is 10.4. The number of likely N-dealkylation sites (tertiary alicyclic amines) is 1. The molecule has 0 spiro atoms. The van der Waals surface area contributed by atoms with E-state index in [0.29, 0.717) is 11.8 Å². The van der Waals surface area contributed by atoms with Gasteiger partial charge in [-0.1, -0.05) is 13.8 Å². The van der Waals surface area contributed by atoms with E-state index in [9.17, 15) is 9.90 Å². The molecule has 0 bridgehead atoms. The van der Waals surface area contributed by atoms with Crippen LogP contribution in [0.2, 0.25) is 0 Å². The van der Waals surface area contributed by atoms with Crippen molar-refractivity contribution in [1.82, 2.24) is 4.90 Å². The lowest BCUT2D eigenvalue weighted by Gasteiger charge is -2.28. The Kier molecular flexibility index (Phi) is 3.36. The van der Waals surface area contributed by atoms with Crippen molar-refractivity contribution in [2.75, 3.05) is 19.6 Å². The third kappa shape index (κ3) is 2.16. The third-order valence-corrected chi connectivity index (χ3v) is 4.57. The first-order chi connectivity index (χ1) is 7.58. The van der Waals surface area contributed by atoms with E-state index in [2.05, 4.69) is 11.8 Å². The van der Waals surface area contributed by atoms with Gasteiger partial charge in [0.25, 0.3) is 0 Å². The predicted octanol–water partition coefficient (Wildman–Crippen LogP) is 1.30. The smallest absolute Gasteiger partial charge is 0.127 e. The van der Waals surface area contributed by atoms with Crippen molar-refractivity contribution < 1.29 is 9.90 Å². The highest BCUT2D eigenvalue weighted by Crippen LogP contribution is 2.39. The molecule has 2 aliphatic rings. The average Bonchev–Trinajstić information content (AvgIpc) is 2.81. The molecular weight excluding hydrogens is 202 g/mol. The number of carbonyl (C=O) groups is 1. The lowest BCUT2D eigenvalue weighted by atomic mass is 9.89. The van der Waals surface area contributed by atoms with Crippen LogP contribution in [0.25, 0.3) is 0 Å². The Labute approximate surface area is 97.8 Å². The van der Waals surface area contributed by atoms with Crippen LogP contribution >= 0.6 is 0 Å². The third-order valence-electron chi connectivity index (χ3n) is 4.57. The van der Waals surface area contributed by atoms with Gasteiger partial charge in [0, 0.05) is 31.0 Å². The molecule has 4 atom stereocenters. The van der Waals surface area contributed by atoms with Gasteiger partial charge in [0.2, 0.25) is 0 Å². The van der Waals surface area contributed by atoms with Gasteiger partial charge in [0.1, 0.15) is 6.29 Å². The van der Waals surface area contributed by atoms with E-state index in [1.54, 1.807) is 0 Å². The van der Waals surface area contributed by atoms with Gasteiger partial charge < -0.3 is 14.8 Å². The van der Waals surface area contributed by atoms with Crippen LogP contribution in [0.5, 0.6) is 0 Å². The largest absolute Gasteiger partial charge is 0.393 e. The topological polar surface area (TPSA) is 40.5 Å². The van der Waals surface area contributed by atoms with E-state index in [1.165, 1.54) is 0 Å². The van der Waals surface area contributed by atoms with E-state index >= 15 is 0 Å². The van der Waals surface area contributed by atoms with Crippen LogP contribution in [0, 0.1) is 17.3 Å². The monoisotopic (exact) mass is 225 g/mol. The Balaban J connectivity index is 1.92. The summed E-state index contributed by atoms with van der Waals surface area (Å²) in [6.45, 7) is 7.01. The molecule has 1 saturated carbocycles. The van der Waals surface area contributed by atoms with Gasteiger partial charge in [-0.25, -0.2) is 0 Å². The molecule has 0 radical (unpaired) electrons. The molecule has 1 aliphatic heterocycles. The molecule has 3 heteroatoms. The molecule has 1 heterocycles. The maximum Gasteiger partial charge on any atom is 0.127 e. The summed E-state index contributed by atoms with van der Waals surface area (Å²) in [6.07, 6.45) is 4.02. The molecule has 0 aromatic rings. The van der Waals surface area contributed by atoms with Crippen molar-refractivity contribution >= 4 is 6.29 Å². The number of rotatable bonds is 4. The molecule has 1 N–H and O–H groups in total. The van der Waals surface area contributed by atoms with Gasteiger partial charge in [0.15, 0.2) is 0 Å². The van der Waals surface area contributed by atoms with Crippen molar-refractivity contribution in [3.63, 3.8) is 0 Å². The molecule has 2 rings (SSSR count). The second-order valence-corrected chi connectivity index (χ2v) is 5.89. The summed E-state index contributed by atoms with van der Waals surface area (Å²) in [5.74, 6) is 1.13. The molecule has 4 unspecified atom stereocenters. The lowest BCUT2D eigenvalue weighted by Crippen LogP contribution is -2.36. The zero-order chi connectivity index (χ0) is 11.8. The van der Waals surface area contributed by atoms with E-state index in [1.807, 2.05) is 6.92 Å².